The smallest absolute Gasteiger partial charge is 0.229 e. The molecule has 6 nitrogen and oxygen atoms in total. The number of aromatic nitrogens is 2. The fourth-order valence-corrected chi connectivity index (χ4v) is 4.14. The molecule has 5 rings (SSSR count). The van der Waals surface area contributed by atoms with Crippen molar-refractivity contribution in [3.05, 3.63) is 83.6 Å². The number of anilines is 2. The molecule has 0 bridgehead atoms. The molecule has 1 fully saturated rings. The number of hydrogen-bond acceptors (Lipinski definition) is 3. The standard InChI is InChI=1S/C25H21ClN4O2/c1-16-3-2-12-29-15-22(28-24(16)29)17-4-8-20(9-5-17)27-25(32)18-13-23(31)30(14-18)21-10-6-19(26)7-11-21/h2-12,15,18H,13-14H2,1H3,(H,27,32)/t18-/m0/s1. The molecule has 2 aromatic carbocycles. The second kappa shape index (κ2) is 8.13. The predicted octanol–water partition coefficient (Wildman–Crippen LogP) is 4.95. The Balaban J connectivity index is 1.27. The maximum Gasteiger partial charge on any atom is 0.229 e. The lowest BCUT2D eigenvalue weighted by Gasteiger charge is -2.16. The molecule has 7 heteroatoms. The fourth-order valence-electron chi connectivity index (χ4n) is 4.02. The summed E-state index contributed by atoms with van der Waals surface area (Å²) in [4.78, 5) is 31.5. The third kappa shape index (κ3) is 3.85. The normalized spacial score (nSPS) is 16.0. The molecule has 1 aliphatic rings. The van der Waals surface area contributed by atoms with Gasteiger partial charge in [0.15, 0.2) is 0 Å². The second-order valence-corrected chi connectivity index (χ2v) is 8.43. The molecule has 2 aromatic heterocycles. The third-order valence-corrected chi connectivity index (χ3v) is 6.01. The molecule has 32 heavy (non-hydrogen) atoms. The van der Waals surface area contributed by atoms with Gasteiger partial charge < -0.3 is 14.6 Å². The van der Waals surface area contributed by atoms with Crippen molar-refractivity contribution in [3.8, 4) is 11.3 Å². The minimum Gasteiger partial charge on any atom is -0.326 e. The Hall–Kier alpha value is -3.64. The van der Waals surface area contributed by atoms with Crippen LogP contribution in [0.4, 0.5) is 11.4 Å². The zero-order chi connectivity index (χ0) is 22.2. The van der Waals surface area contributed by atoms with E-state index in [1.165, 1.54) is 0 Å². The Morgan fingerprint density at radius 3 is 2.56 bits per heavy atom. The number of carbonyl (C=O) groups excluding carboxylic acids is 2. The number of fused-ring (bicyclic) bond motifs is 1. The van der Waals surface area contributed by atoms with Crippen LogP contribution in [0.15, 0.2) is 73.1 Å². The van der Waals surface area contributed by atoms with Crippen LogP contribution in [0.5, 0.6) is 0 Å². The molecule has 0 spiro atoms. The molecule has 1 atom stereocenters. The minimum atomic E-state index is -0.403. The molecule has 4 aromatic rings. The number of carbonyl (C=O) groups is 2. The van der Waals surface area contributed by atoms with Crippen LogP contribution in [-0.4, -0.2) is 27.7 Å². The highest BCUT2D eigenvalue weighted by atomic mass is 35.5. The Morgan fingerprint density at radius 2 is 1.84 bits per heavy atom. The predicted molar refractivity (Wildman–Crippen MR) is 126 cm³/mol. The lowest BCUT2D eigenvalue weighted by Crippen LogP contribution is -2.28. The zero-order valence-electron chi connectivity index (χ0n) is 17.5. The molecular formula is C25H21ClN4O2. The van der Waals surface area contributed by atoms with Crippen LogP contribution in [0, 0.1) is 12.8 Å². The van der Waals surface area contributed by atoms with Crippen LogP contribution in [0.2, 0.25) is 5.02 Å². The zero-order valence-corrected chi connectivity index (χ0v) is 18.2. The van der Waals surface area contributed by atoms with Crippen molar-refractivity contribution in [1.29, 1.82) is 0 Å². The number of amides is 2. The number of rotatable bonds is 4. The quantitative estimate of drug-likeness (QED) is 0.484. The van der Waals surface area contributed by atoms with E-state index < -0.39 is 5.92 Å². The summed E-state index contributed by atoms with van der Waals surface area (Å²) < 4.78 is 2.00. The largest absolute Gasteiger partial charge is 0.326 e. The molecule has 0 radical (unpaired) electrons. The van der Waals surface area contributed by atoms with Crippen LogP contribution in [0.3, 0.4) is 0 Å². The van der Waals surface area contributed by atoms with Crippen LogP contribution in [-0.2, 0) is 9.59 Å². The summed E-state index contributed by atoms with van der Waals surface area (Å²) in [5.41, 5.74) is 5.32. The first-order chi connectivity index (χ1) is 15.5. The number of imidazole rings is 1. The van der Waals surface area contributed by atoms with Crippen LogP contribution >= 0.6 is 11.6 Å². The van der Waals surface area contributed by atoms with E-state index in [0.717, 1.165) is 28.2 Å². The summed E-state index contributed by atoms with van der Waals surface area (Å²) in [7, 11) is 0. The van der Waals surface area contributed by atoms with Crippen molar-refractivity contribution in [2.75, 3.05) is 16.8 Å². The van der Waals surface area contributed by atoms with Crippen molar-refractivity contribution in [1.82, 2.24) is 9.38 Å². The van der Waals surface area contributed by atoms with E-state index >= 15 is 0 Å². The van der Waals surface area contributed by atoms with Crippen molar-refractivity contribution in [2.45, 2.75) is 13.3 Å². The van der Waals surface area contributed by atoms with Crippen LogP contribution in [0.25, 0.3) is 16.9 Å². The Bertz CT molecular complexity index is 1310. The van der Waals surface area contributed by atoms with Crippen molar-refractivity contribution in [2.24, 2.45) is 5.92 Å². The van der Waals surface area contributed by atoms with Gasteiger partial charge in [-0.05, 0) is 55.0 Å². The van der Waals surface area contributed by atoms with Crippen molar-refractivity contribution >= 4 is 40.4 Å². The molecule has 0 aliphatic carbocycles. The first-order valence-electron chi connectivity index (χ1n) is 10.4. The molecule has 2 amide bonds. The molecule has 1 aliphatic heterocycles. The van der Waals surface area contributed by atoms with Gasteiger partial charge in [-0.2, -0.15) is 0 Å². The molecular weight excluding hydrogens is 424 g/mol. The molecule has 160 valence electrons. The topological polar surface area (TPSA) is 66.7 Å². The summed E-state index contributed by atoms with van der Waals surface area (Å²) in [6.45, 7) is 2.39. The van der Waals surface area contributed by atoms with Gasteiger partial charge in [-0.15, -0.1) is 0 Å². The van der Waals surface area contributed by atoms with E-state index in [4.69, 9.17) is 16.6 Å². The number of hydrogen-bond donors (Lipinski definition) is 1. The Morgan fingerprint density at radius 1 is 1.09 bits per heavy atom. The van der Waals surface area contributed by atoms with E-state index in [2.05, 4.69) is 5.32 Å². The van der Waals surface area contributed by atoms with Crippen molar-refractivity contribution in [3.63, 3.8) is 0 Å². The number of pyridine rings is 1. The highest BCUT2D eigenvalue weighted by Crippen LogP contribution is 2.28. The van der Waals surface area contributed by atoms with Gasteiger partial charge in [0, 0.05) is 47.3 Å². The highest BCUT2D eigenvalue weighted by molar-refractivity contribution is 6.30. The van der Waals surface area contributed by atoms with Gasteiger partial charge in [0.2, 0.25) is 11.8 Å². The molecule has 3 heterocycles. The summed E-state index contributed by atoms with van der Waals surface area (Å²) in [6, 6.07) is 18.7. The molecule has 0 saturated carbocycles. The third-order valence-electron chi connectivity index (χ3n) is 5.76. The van der Waals surface area contributed by atoms with E-state index in [0.29, 0.717) is 17.3 Å². The van der Waals surface area contributed by atoms with E-state index in [1.807, 2.05) is 60.1 Å². The van der Waals surface area contributed by atoms with E-state index in [9.17, 15) is 9.59 Å². The highest BCUT2D eigenvalue weighted by Gasteiger charge is 2.35. The Kier molecular flexibility index (Phi) is 5.15. The van der Waals surface area contributed by atoms with Gasteiger partial charge in [-0.1, -0.05) is 29.8 Å². The maximum absolute atomic E-state index is 12.8. The van der Waals surface area contributed by atoms with Crippen LogP contribution in [0.1, 0.15) is 12.0 Å². The molecule has 1 N–H and O–H groups in total. The first-order valence-corrected chi connectivity index (χ1v) is 10.8. The average Bonchev–Trinajstić information content (AvgIpc) is 3.40. The summed E-state index contributed by atoms with van der Waals surface area (Å²) in [5, 5.41) is 3.54. The number of aryl methyl sites for hydroxylation is 1. The number of halogens is 1. The lowest BCUT2D eigenvalue weighted by molar-refractivity contribution is -0.122. The van der Waals surface area contributed by atoms with E-state index in [1.54, 1.807) is 29.2 Å². The summed E-state index contributed by atoms with van der Waals surface area (Å²) >= 11 is 5.93. The fraction of sp³-hybridized carbons (Fsp3) is 0.160. The van der Waals surface area contributed by atoms with Gasteiger partial charge >= 0.3 is 0 Å². The van der Waals surface area contributed by atoms with Crippen molar-refractivity contribution < 1.29 is 9.59 Å². The number of benzene rings is 2. The maximum atomic E-state index is 12.8. The van der Waals surface area contributed by atoms with E-state index in [-0.39, 0.29) is 18.2 Å². The van der Waals surface area contributed by atoms with Gasteiger partial charge in [-0.3, -0.25) is 9.59 Å². The SMILES string of the molecule is Cc1cccn2cc(-c3ccc(NC(=O)[C@H]4CC(=O)N(c5ccc(Cl)cc5)C4)cc3)nc12. The van der Waals surface area contributed by atoms with Crippen LogP contribution < -0.4 is 10.2 Å². The molecule has 1 saturated heterocycles. The average molecular weight is 445 g/mol. The first kappa shape index (κ1) is 20.3. The monoisotopic (exact) mass is 444 g/mol. The van der Waals surface area contributed by atoms with Gasteiger partial charge in [0.25, 0.3) is 0 Å². The summed E-state index contributed by atoms with van der Waals surface area (Å²) in [6.07, 6.45) is 4.15. The lowest BCUT2D eigenvalue weighted by atomic mass is 10.1. The molecule has 0 unspecified atom stereocenters. The van der Waals surface area contributed by atoms with Gasteiger partial charge in [0.1, 0.15) is 5.65 Å². The van der Waals surface area contributed by atoms with Gasteiger partial charge in [-0.25, -0.2) is 4.98 Å². The number of nitrogens with zero attached hydrogens (tertiary/aromatic N) is 3. The number of nitrogens with one attached hydrogen (secondary N) is 1. The summed E-state index contributed by atoms with van der Waals surface area (Å²) in [5.74, 6) is -0.629. The second-order valence-electron chi connectivity index (χ2n) is 8.00. The minimum absolute atomic E-state index is 0.0648. The Labute approximate surface area is 190 Å². The van der Waals surface area contributed by atoms with Gasteiger partial charge in [0.05, 0.1) is 11.6 Å².